The average Bonchev–Trinajstić information content (AvgIpc) is 3.16. The summed E-state index contributed by atoms with van der Waals surface area (Å²) in [5, 5.41) is 7.30. The third-order valence-corrected chi connectivity index (χ3v) is 3.54. The van der Waals surface area contributed by atoms with Crippen molar-refractivity contribution in [3.63, 3.8) is 0 Å². The van der Waals surface area contributed by atoms with Gasteiger partial charge >= 0.3 is 0 Å². The van der Waals surface area contributed by atoms with E-state index in [0.717, 1.165) is 30.1 Å². The molecule has 3 aromatic rings. The van der Waals surface area contributed by atoms with E-state index in [4.69, 9.17) is 4.74 Å². The van der Waals surface area contributed by atoms with Crippen LogP contribution in [0.2, 0.25) is 0 Å². The van der Waals surface area contributed by atoms with Gasteiger partial charge in [0.15, 0.2) is 11.5 Å². The van der Waals surface area contributed by atoms with E-state index in [2.05, 4.69) is 35.3 Å². The van der Waals surface area contributed by atoms with E-state index in [1.807, 2.05) is 13.2 Å². The minimum Gasteiger partial charge on any atom is -0.378 e. The summed E-state index contributed by atoms with van der Waals surface area (Å²) < 4.78 is 7.13. The van der Waals surface area contributed by atoms with Gasteiger partial charge in [-0.3, -0.25) is 4.68 Å². The number of ether oxygens (including phenoxy) is 1. The number of rotatable bonds is 3. The lowest BCUT2D eigenvalue weighted by molar-refractivity contribution is 0.122. The van der Waals surface area contributed by atoms with Crippen molar-refractivity contribution in [2.45, 2.75) is 0 Å². The van der Waals surface area contributed by atoms with E-state index in [-0.39, 0.29) is 0 Å². The lowest BCUT2D eigenvalue weighted by Gasteiger charge is -2.28. The molecule has 114 valence electrons. The van der Waals surface area contributed by atoms with Crippen LogP contribution in [-0.2, 0) is 11.8 Å². The van der Waals surface area contributed by atoms with Gasteiger partial charge in [0.1, 0.15) is 5.52 Å². The van der Waals surface area contributed by atoms with Crippen LogP contribution < -0.4 is 10.2 Å². The van der Waals surface area contributed by atoms with Crippen LogP contribution in [0.25, 0.3) is 11.2 Å². The van der Waals surface area contributed by atoms with Crippen molar-refractivity contribution < 1.29 is 4.74 Å². The van der Waals surface area contributed by atoms with Crippen molar-refractivity contribution in [1.29, 1.82) is 0 Å². The quantitative estimate of drug-likeness (QED) is 0.733. The van der Waals surface area contributed by atoms with Gasteiger partial charge in [-0.05, 0) is 0 Å². The Balaban J connectivity index is 1.72. The second-order valence-corrected chi connectivity index (χ2v) is 5.10. The lowest BCUT2D eigenvalue weighted by Crippen LogP contribution is -2.37. The first-order chi connectivity index (χ1) is 10.8. The highest BCUT2D eigenvalue weighted by Gasteiger charge is 2.18. The standard InChI is InChI=1S/C13H16N8O/c1-20-7-9(6-16-20)17-13-18-11-10(14-8-15-11)12(19-13)21-2-4-22-5-3-21/h6-8H,2-5H2,1H3,(H2,14,15,17,18,19). The molecule has 0 atom stereocenters. The largest absolute Gasteiger partial charge is 0.378 e. The number of H-pyrrole nitrogens is 1. The van der Waals surface area contributed by atoms with Crippen molar-refractivity contribution in [2.24, 2.45) is 7.05 Å². The number of aryl methyl sites for hydroxylation is 1. The fraction of sp³-hybridized carbons (Fsp3) is 0.385. The summed E-state index contributed by atoms with van der Waals surface area (Å²) >= 11 is 0. The van der Waals surface area contributed by atoms with E-state index in [0.29, 0.717) is 24.8 Å². The Labute approximate surface area is 126 Å². The minimum atomic E-state index is 0.508. The van der Waals surface area contributed by atoms with Gasteiger partial charge in [0.25, 0.3) is 0 Å². The first-order valence-electron chi connectivity index (χ1n) is 7.09. The van der Waals surface area contributed by atoms with Crippen LogP contribution in [0, 0.1) is 0 Å². The van der Waals surface area contributed by atoms with Gasteiger partial charge in [-0.2, -0.15) is 15.1 Å². The highest BCUT2D eigenvalue weighted by Crippen LogP contribution is 2.24. The highest BCUT2D eigenvalue weighted by atomic mass is 16.5. The molecule has 4 heterocycles. The van der Waals surface area contributed by atoms with Crippen LogP contribution in [0.3, 0.4) is 0 Å². The first-order valence-corrected chi connectivity index (χ1v) is 7.09. The van der Waals surface area contributed by atoms with Gasteiger partial charge < -0.3 is 19.9 Å². The average molecular weight is 300 g/mol. The molecule has 0 aliphatic carbocycles. The third-order valence-electron chi connectivity index (χ3n) is 3.54. The number of hydrogen-bond donors (Lipinski definition) is 2. The molecule has 9 heteroatoms. The normalized spacial score (nSPS) is 15.4. The van der Waals surface area contributed by atoms with Gasteiger partial charge in [-0.15, -0.1) is 0 Å². The zero-order valence-electron chi connectivity index (χ0n) is 12.2. The summed E-state index contributed by atoms with van der Waals surface area (Å²) in [4.78, 5) is 18.6. The summed E-state index contributed by atoms with van der Waals surface area (Å²) in [6.07, 6.45) is 5.23. The molecule has 1 aliphatic heterocycles. The van der Waals surface area contributed by atoms with Crippen molar-refractivity contribution in [3.05, 3.63) is 18.7 Å². The number of imidazole rings is 1. The molecule has 0 amide bonds. The predicted octanol–water partition coefficient (Wildman–Crippen LogP) is 0.667. The maximum Gasteiger partial charge on any atom is 0.231 e. The molecular weight excluding hydrogens is 284 g/mol. The summed E-state index contributed by atoms with van der Waals surface area (Å²) in [5.41, 5.74) is 2.33. The summed E-state index contributed by atoms with van der Waals surface area (Å²) in [6.45, 7) is 3.00. The molecule has 1 saturated heterocycles. The maximum atomic E-state index is 5.41. The first kappa shape index (κ1) is 13.0. The van der Waals surface area contributed by atoms with E-state index < -0.39 is 0 Å². The number of aromatic nitrogens is 6. The molecule has 4 rings (SSSR count). The predicted molar refractivity (Wildman–Crippen MR) is 81.2 cm³/mol. The Kier molecular flexibility index (Phi) is 3.11. The number of nitrogens with zero attached hydrogens (tertiary/aromatic N) is 6. The molecule has 9 nitrogen and oxygen atoms in total. The number of morpholine rings is 1. The Bertz CT molecular complexity index is 788. The van der Waals surface area contributed by atoms with Crippen LogP contribution >= 0.6 is 0 Å². The molecular formula is C13H16N8O. The van der Waals surface area contributed by atoms with Gasteiger partial charge in [0.2, 0.25) is 5.95 Å². The van der Waals surface area contributed by atoms with Crippen LogP contribution in [0.15, 0.2) is 18.7 Å². The Morgan fingerprint density at radius 2 is 2.14 bits per heavy atom. The fourth-order valence-corrected chi connectivity index (χ4v) is 2.49. The molecule has 0 aromatic carbocycles. The summed E-state index contributed by atoms with van der Waals surface area (Å²) in [7, 11) is 1.86. The Morgan fingerprint density at radius 1 is 1.27 bits per heavy atom. The van der Waals surface area contributed by atoms with Crippen LogP contribution in [0.4, 0.5) is 17.5 Å². The van der Waals surface area contributed by atoms with Gasteiger partial charge in [-0.1, -0.05) is 0 Å². The van der Waals surface area contributed by atoms with Crippen molar-refractivity contribution in [1.82, 2.24) is 29.7 Å². The van der Waals surface area contributed by atoms with Crippen molar-refractivity contribution in [3.8, 4) is 0 Å². The lowest BCUT2D eigenvalue weighted by atomic mass is 10.3. The minimum absolute atomic E-state index is 0.508. The highest BCUT2D eigenvalue weighted by molar-refractivity contribution is 5.84. The zero-order chi connectivity index (χ0) is 14.9. The van der Waals surface area contributed by atoms with Gasteiger partial charge in [0, 0.05) is 26.3 Å². The topological polar surface area (TPSA) is 96.8 Å². The van der Waals surface area contributed by atoms with Gasteiger partial charge in [-0.25, -0.2) is 4.98 Å². The Hall–Kier alpha value is -2.68. The zero-order valence-corrected chi connectivity index (χ0v) is 12.2. The summed E-state index contributed by atoms with van der Waals surface area (Å²) in [5.74, 6) is 1.35. The molecule has 0 saturated carbocycles. The van der Waals surface area contributed by atoms with E-state index >= 15 is 0 Å². The molecule has 2 N–H and O–H groups in total. The second kappa shape index (κ2) is 5.26. The number of fused-ring (bicyclic) bond motifs is 1. The molecule has 3 aromatic heterocycles. The van der Waals surface area contributed by atoms with Crippen LogP contribution in [0.1, 0.15) is 0 Å². The van der Waals surface area contributed by atoms with E-state index in [9.17, 15) is 0 Å². The number of anilines is 3. The maximum absolute atomic E-state index is 5.41. The molecule has 1 aliphatic rings. The number of aromatic amines is 1. The van der Waals surface area contributed by atoms with E-state index in [1.165, 1.54) is 0 Å². The van der Waals surface area contributed by atoms with Crippen molar-refractivity contribution >= 4 is 28.6 Å². The summed E-state index contributed by atoms with van der Waals surface area (Å²) in [6, 6.07) is 0. The molecule has 0 spiro atoms. The van der Waals surface area contributed by atoms with Gasteiger partial charge in [0.05, 0.1) is 31.4 Å². The van der Waals surface area contributed by atoms with Crippen molar-refractivity contribution in [2.75, 3.05) is 36.5 Å². The van der Waals surface area contributed by atoms with Crippen LogP contribution in [0.5, 0.6) is 0 Å². The third kappa shape index (κ3) is 2.35. The fourth-order valence-electron chi connectivity index (χ4n) is 2.49. The number of hydrogen-bond acceptors (Lipinski definition) is 7. The molecule has 0 unspecified atom stereocenters. The molecule has 22 heavy (non-hydrogen) atoms. The SMILES string of the molecule is Cn1cc(Nc2nc(N3CCOCC3)c3[nH]cnc3n2)cn1. The molecule has 1 fully saturated rings. The second-order valence-electron chi connectivity index (χ2n) is 5.10. The monoisotopic (exact) mass is 300 g/mol. The molecule has 0 bridgehead atoms. The Morgan fingerprint density at radius 3 is 2.91 bits per heavy atom. The van der Waals surface area contributed by atoms with E-state index in [1.54, 1.807) is 17.2 Å². The number of nitrogens with one attached hydrogen (secondary N) is 2. The molecule has 0 radical (unpaired) electrons. The van der Waals surface area contributed by atoms with Crippen LogP contribution in [-0.4, -0.2) is 56.0 Å². The smallest absolute Gasteiger partial charge is 0.231 e.